The summed E-state index contributed by atoms with van der Waals surface area (Å²) < 4.78 is 6.95. The lowest BCUT2D eigenvalue weighted by Gasteiger charge is -2.27. The minimum atomic E-state index is -1.20. The van der Waals surface area contributed by atoms with E-state index in [1.807, 2.05) is 38.1 Å². The smallest absolute Gasteiger partial charge is 0.356 e. The number of nitrogens with zero attached hydrogens (tertiary/aromatic N) is 5. The summed E-state index contributed by atoms with van der Waals surface area (Å²) in [5.41, 5.74) is 2.84. The topological polar surface area (TPSA) is 122 Å². The summed E-state index contributed by atoms with van der Waals surface area (Å²) in [6.45, 7) is 6.67. The summed E-state index contributed by atoms with van der Waals surface area (Å²) in [7, 11) is 1.70. The van der Waals surface area contributed by atoms with Crippen molar-refractivity contribution < 1.29 is 14.6 Å². The highest BCUT2D eigenvalue weighted by Crippen LogP contribution is 2.29. The van der Waals surface area contributed by atoms with Gasteiger partial charge in [-0.05, 0) is 49.7 Å². The van der Waals surface area contributed by atoms with Crippen LogP contribution >= 0.6 is 11.6 Å². The third-order valence-corrected chi connectivity index (χ3v) is 6.81. The highest BCUT2D eigenvalue weighted by Gasteiger charge is 2.20. The fourth-order valence-electron chi connectivity index (χ4n) is 4.66. The van der Waals surface area contributed by atoms with Gasteiger partial charge in [-0.3, -0.25) is 9.36 Å². The average Bonchev–Trinajstić information content (AvgIpc) is 2.92. The lowest BCUT2D eigenvalue weighted by Crippen LogP contribution is -2.36. The Morgan fingerprint density at radius 3 is 2.61 bits per heavy atom. The van der Waals surface area contributed by atoms with Crippen LogP contribution in [0.3, 0.4) is 0 Å². The van der Waals surface area contributed by atoms with Crippen LogP contribution in [0.25, 0.3) is 22.3 Å². The molecule has 0 amide bonds. The number of fused-ring (bicyclic) bond motifs is 1. The van der Waals surface area contributed by atoms with Crippen molar-refractivity contribution in [1.29, 1.82) is 0 Å². The van der Waals surface area contributed by atoms with E-state index in [2.05, 4.69) is 20.2 Å². The van der Waals surface area contributed by atoms with Gasteiger partial charge in [0.2, 0.25) is 0 Å². The van der Waals surface area contributed by atoms with Gasteiger partial charge in [-0.1, -0.05) is 17.7 Å². The number of pyridine rings is 2. The zero-order valence-electron chi connectivity index (χ0n) is 21.2. The SMILES string of the molecule is Cc1cc([C@@H](C)Nc2ccc(Cl)nc2C(=O)O)c2nc(-c3ccc(N4CCOCC4)nc3)n(C)c(=O)c2c1. The molecule has 0 unspecified atom stereocenters. The van der Waals surface area contributed by atoms with Crippen LogP contribution in [0.4, 0.5) is 11.5 Å². The van der Waals surface area contributed by atoms with Gasteiger partial charge in [0.25, 0.3) is 5.56 Å². The Labute approximate surface area is 223 Å². The number of hydrogen-bond acceptors (Lipinski definition) is 8. The standard InChI is InChI=1S/C27H27ClN6O4/c1-15-12-18(16(2)30-20-5-6-21(28)31-24(20)27(36)37)23-19(13-15)26(35)33(3)25(32-23)17-4-7-22(29-14-17)34-8-10-38-11-9-34/h4-7,12-14,16,30H,8-11H2,1-3H3,(H,36,37)/t16-/m1/s1. The first-order valence-corrected chi connectivity index (χ1v) is 12.6. The second-order valence-corrected chi connectivity index (χ2v) is 9.64. The molecule has 0 radical (unpaired) electrons. The molecule has 1 saturated heterocycles. The Bertz CT molecular complexity index is 1580. The second kappa shape index (κ2) is 10.4. The summed E-state index contributed by atoms with van der Waals surface area (Å²) in [5.74, 6) is 0.140. The molecule has 0 aliphatic carbocycles. The van der Waals surface area contributed by atoms with E-state index in [-0.39, 0.29) is 16.4 Å². The average molecular weight is 535 g/mol. The van der Waals surface area contributed by atoms with Crippen molar-refractivity contribution in [2.75, 3.05) is 36.5 Å². The Balaban J connectivity index is 1.57. The molecule has 5 rings (SSSR count). The third kappa shape index (κ3) is 4.92. The van der Waals surface area contributed by atoms with E-state index in [4.69, 9.17) is 21.3 Å². The van der Waals surface area contributed by atoms with Crippen molar-refractivity contribution in [3.8, 4) is 11.4 Å². The summed E-state index contributed by atoms with van der Waals surface area (Å²) in [6.07, 6.45) is 1.73. The van der Waals surface area contributed by atoms with Gasteiger partial charge in [-0.25, -0.2) is 19.7 Å². The number of hydrogen-bond donors (Lipinski definition) is 2. The summed E-state index contributed by atoms with van der Waals surface area (Å²) in [5, 5.41) is 13.4. The molecule has 1 atom stereocenters. The molecule has 11 heteroatoms. The van der Waals surface area contributed by atoms with Gasteiger partial charge in [0.05, 0.1) is 35.8 Å². The number of rotatable bonds is 6. The molecule has 0 bridgehead atoms. The lowest BCUT2D eigenvalue weighted by molar-refractivity contribution is 0.0691. The van der Waals surface area contributed by atoms with Gasteiger partial charge in [-0.15, -0.1) is 0 Å². The van der Waals surface area contributed by atoms with Crippen LogP contribution < -0.4 is 15.8 Å². The molecular formula is C27H27ClN6O4. The number of ether oxygens (including phenoxy) is 1. The minimum absolute atomic E-state index is 0.0876. The maximum atomic E-state index is 13.5. The molecule has 10 nitrogen and oxygen atoms in total. The van der Waals surface area contributed by atoms with Crippen LogP contribution in [0.1, 0.15) is 34.6 Å². The van der Waals surface area contributed by atoms with E-state index in [1.165, 1.54) is 10.6 Å². The Morgan fingerprint density at radius 1 is 1.16 bits per heavy atom. The maximum Gasteiger partial charge on any atom is 0.356 e. The normalized spacial score (nSPS) is 14.5. The number of benzene rings is 1. The largest absolute Gasteiger partial charge is 0.476 e. The van der Waals surface area contributed by atoms with Gasteiger partial charge < -0.3 is 20.1 Å². The van der Waals surface area contributed by atoms with Gasteiger partial charge in [0, 0.05) is 37.5 Å². The number of carbonyl (C=O) groups is 1. The molecule has 1 aliphatic rings. The Kier molecular flexibility index (Phi) is 7.00. The molecule has 4 heterocycles. The first-order valence-electron chi connectivity index (χ1n) is 12.2. The van der Waals surface area contributed by atoms with Crippen LogP contribution in [0.5, 0.6) is 0 Å². The highest BCUT2D eigenvalue weighted by molar-refractivity contribution is 6.29. The zero-order valence-corrected chi connectivity index (χ0v) is 22.0. The molecule has 38 heavy (non-hydrogen) atoms. The fraction of sp³-hybridized carbons (Fsp3) is 0.296. The molecule has 3 aromatic heterocycles. The number of aromatic nitrogens is 4. The molecule has 2 N–H and O–H groups in total. The number of aryl methyl sites for hydroxylation is 1. The summed E-state index contributed by atoms with van der Waals surface area (Å²) in [4.78, 5) is 40.8. The van der Waals surface area contributed by atoms with Gasteiger partial charge in [0.1, 0.15) is 16.8 Å². The Hall–Kier alpha value is -4.02. The fourth-order valence-corrected chi connectivity index (χ4v) is 4.81. The van der Waals surface area contributed by atoms with E-state index in [0.717, 1.165) is 30.0 Å². The molecule has 1 fully saturated rings. The van der Waals surface area contributed by atoms with Gasteiger partial charge in [0.15, 0.2) is 5.69 Å². The molecule has 196 valence electrons. The van der Waals surface area contributed by atoms with Gasteiger partial charge in [-0.2, -0.15) is 0 Å². The quantitative estimate of drug-likeness (QED) is 0.352. The number of halogens is 1. The van der Waals surface area contributed by atoms with E-state index in [9.17, 15) is 14.7 Å². The van der Waals surface area contributed by atoms with Crippen LogP contribution in [-0.4, -0.2) is 56.9 Å². The lowest BCUT2D eigenvalue weighted by atomic mass is 10.0. The van der Waals surface area contributed by atoms with Crippen LogP contribution in [-0.2, 0) is 11.8 Å². The Morgan fingerprint density at radius 2 is 1.92 bits per heavy atom. The monoisotopic (exact) mass is 534 g/mol. The molecule has 1 aromatic carbocycles. The predicted molar refractivity (Wildman–Crippen MR) is 146 cm³/mol. The van der Waals surface area contributed by atoms with E-state index < -0.39 is 12.0 Å². The van der Waals surface area contributed by atoms with Crippen LogP contribution in [0.15, 0.2) is 47.4 Å². The third-order valence-electron chi connectivity index (χ3n) is 6.60. The summed E-state index contributed by atoms with van der Waals surface area (Å²) >= 11 is 5.91. The van der Waals surface area contributed by atoms with Crippen molar-refractivity contribution in [3.63, 3.8) is 0 Å². The summed E-state index contributed by atoms with van der Waals surface area (Å²) in [6, 6.07) is 10.3. The van der Waals surface area contributed by atoms with E-state index in [0.29, 0.717) is 41.2 Å². The molecule has 4 aromatic rings. The van der Waals surface area contributed by atoms with E-state index in [1.54, 1.807) is 19.3 Å². The van der Waals surface area contributed by atoms with Crippen molar-refractivity contribution >= 4 is 40.0 Å². The number of morpholine rings is 1. The molecule has 0 saturated carbocycles. The number of aromatic carboxylic acids is 1. The number of anilines is 2. The van der Waals surface area contributed by atoms with Crippen molar-refractivity contribution in [2.45, 2.75) is 19.9 Å². The van der Waals surface area contributed by atoms with Crippen molar-refractivity contribution in [1.82, 2.24) is 19.5 Å². The predicted octanol–water partition coefficient (Wildman–Crippen LogP) is 4.06. The first-order chi connectivity index (χ1) is 18.2. The number of nitrogens with one attached hydrogen (secondary N) is 1. The highest BCUT2D eigenvalue weighted by atomic mass is 35.5. The van der Waals surface area contributed by atoms with Crippen molar-refractivity contribution in [2.24, 2.45) is 7.05 Å². The van der Waals surface area contributed by atoms with Crippen molar-refractivity contribution in [3.05, 3.63) is 74.9 Å². The zero-order chi connectivity index (χ0) is 27.0. The van der Waals surface area contributed by atoms with Crippen LogP contribution in [0.2, 0.25) is 5.15 Å². The molecule has 0 spiro atoms. The number of carboxylic acids is 1. The minimum Gasteiger partial charge on any atom is -0.476 e. The molecular weight excluding hydrogens is 508 g/mol. The van der Waals surface area contributed by atoms with E-state index >= 15 is 0 Å². The second-order valence-electron chi connectivity index (χ2n) is 9.26. The van der Waals surface area contributed by atoms with Gasteiger partial charge >= 0.3 is 5.97 Å². The molecule has 1 aliphatic heterocycles. The van der Waals surface area contributed by atoms with Crippen LogP contribution in [0, 0.1) is 6.92 Å². The maximum absolute atomic E-state index is 13.5. The first kappa shape index (κ1) is 25.6. The number of carboxylic acid groups (broad SMARTS) is 1.